The van der Waals surface area contributed by atoms with Crippen LogP contribution >= 0.6 is 11.3 Å². The molecule has 0 aliphatic carbocycles. The second-order valence-electron chi connectivity index (χ2n) is 5.31. The minimum atomic E-state index is -0.410. The molecular formula is C14H24N4OS. The van der Waals surface area contributed by atoms with Crippen molar-refractivity contribution in [2.45, 2.75) is 38.1 Å². The van der Waals surface area contributed by atoms with Gasteiger partial charge in [0.2, 0.25) is 0 Å². The fraction of sp³-hybridized carbons (Fsp3) is 0.714. The molecule has 3 rings (SSSR count). The molecule has 1 amide bonds. The predicted octanol–water partition coefficient (Wildman–Crippen LogP) is 1.47. The molecule has 112 valence electrons. The minimum absolute atomic E-state index is 0.410. The molecule has 0 atom stereocenters. The van der Waals surface area contributed by atoms with Crippen LogP contribution in [0.2, 0.25) is 0 Å². The first kappa shape index (κ1) is 15.4. The van der Waals surface area contributed by atoms with Gasteiger partial charge >= 0.3 is 0 Å². The minimum Gasteiger partial charge on any atom is -0.365 e. The molecule has 2 fully saturated rings. The summed E-state index contributed by atoms with van der Waals surface area (Å²) in [6.07, 6.45) is 8.53. The zero-order chi connectivity index (χ0) is 14.2. The van der Waals surface area contributed by atoms with Crippen molar-refractivity contribution in [2.24, 2.45) is 5.73 Å². The standard InChI is InChI=1S/C10H20N2.C4H4N2OS/c1-2-8-12(9-3-1)10-4-6-11-7-5-10;5-4(7)3-1-6-2-8-3/h10-11H,1-9H2;1-2H,(H2,5,7). The van der Waals surface area contributed by atoms with E-state index in [1.165, 1.54) is 75.8 Å². The van der Waals surface area contributed by atoms with Gasteiger partial charge in [0.25, 0.3) is 5.91 Å². The molecule has 0 radical (unpaired) electrons. The van der Waals surface area contributed by atoms with Gasteiger partial charge in [-0.3, -0.25) is 9.78 Å². The lowest BCUT2D eigenvalue weighted by Gasteiger charge is -2.36. The third-order valence-electron chi connectivity index (χ3n) is 3.89. The molecule has 2 aliphatic heterocycles. The van der Waals surface area contributed by atoms with Crippen LogP contribution in [-0.4, -0.2) is 48.0 Å². The van der Waals surface area contributed by atoms with Crippen LogP contribution in [0, 0.1) is 0 Å². The van der Waals surface area contributed by atoms with Gasteiger partial charge in [-0.15, -0.1) is 11.3 Å². The molecule has 1 aromatic heterocycles. The van der Waals surface area contributed by atoms with Gasteiger partial charge in [0.05, 0.1) is 11.7 Å². The van der Waals surface area contributed by atoms with E-state index in [0.29, 0.717) is 4.88 Å². The van der Waals surface area contributed by atoms with Crippen LogP contribution in [0.5, 0.6) is 0 Å². The number of nitrogens with two attached hydrogens (primary N) is 1. The Balaban J connectivity index is 0.000000160. The maximum Gasteiger partial charge on any atom is 0.260 e. The highest BCUT2D eigenvalue weighted by Gasteiger charge is 2.21. The first-order chi connectivity index (χ1) is 9.77. The number of rotatable bonds is 2. The Bertz CT molecular complexity index is 368. The molecule has 0 spiro atoms. The molecule has 2 aliphatic rings. The quantitative estimate of drug-likeness (QED) is 0.867. The van der Waals surface area contributed by atoms with Crippen molar-refractivity contribution in [2.75, 3.05) is 26.2 Å². The van der Waals surface area contributed by atoms with Gasteiger partial charge in [0.15, 0.2) is 0 Å². The van der Waals surface area contributed by atoms with Gasteiger partial charge < -0.3 is 16.0 Å². The van der Waals surface area contributed by atoms with Crippen molar-refractivity contribution in [1.82, 2.24) is 15.2 Å². The summed E-state index contributed by atoms with van der Waals surface area (Å²) >= 11 is 1.25. The van der Waals surface area contributed by atoms with E-state index in [-0.39, 0.29) is 0 Å². The van der Waals surface area contributed by atoms with Crippen molar-refractivity contribution in [1.29, 1.82) is 0 Å². The lowest BCUT2D eigenvalue weighted by Crippen LogP contribution is -2.45. The Morgan fingerprint density at radius 1 is 1.30 bits per heavy atom. The van der Waals surface area contributed by atoms with Crippen LogP contribution in [0.3, 0.4) is 0 Å². The second-order valence-corrected chi connectivity index (χ2v) is 6.19. The number of hydrogen-bond donors (Lipinski definition) is 2. The SMILES string of the molecule is C1CCN(C2CCNCC2)CC1.NC(=O)c1cncs1. The van der Waals surface area contributed by atoms with Crippen LogP contribution in [0.4, 0.5) is 0 Å². The summed E-state index contributed by atoms with van der Waals surface area (Å²) < 4.78 is 0. The van der Waals surface area contributed by atoms with Crippen LogP contribution in [-0.2, 0) is 0 Å². The van der Waals surface area contributed by atoms with E-state index in [1.54, 1.807) is 5.51 Å². The fourth-order valence-corrected chi connectivity index (χ4v) is 3.27. The normalized spacial score (nSPS) is 21.0. The third kappa shape index (κ3) is 4.85. The van der Waals surface area contributed by atoms with E-state index in [0.717, 1.165) is 6.04 Å². The Hall–Kier alpha value is -0.980. The van der Waals surface area contributed by atoms with Crippen molar-refractivity contribution >= 4 is 17.2 Å². The number of nitrogens with zero attached hydrogens (tertiary/aromatic N) is 2. The van der Waals surface area contributed by atoms with E-state index in [4.69, 9.17) is 5.73 Å². The molecule has 0 bridgehead atoms. The van der Waals surface area contributed by atoms with Gasteiger partial charge in [0.1, 0.15) is 4.88 Å². The lowest BCUT2D eigenvalue weighted by atomic mass is 10.0. The molecule has 3 N–H and O–H groups in total. The number of thiazole rings is 1. The molecule has 1 aromatic rings. The van der Waals surface area contributed by atoms with Crippen LogP contribution < -0.4 is 11.1 Å². The summed E-state index contributed by atoms with van der Waals surface area (Å²) in [6.45, 7) is 5.21. The highest BCUT2D eigenvalue weighted by Crippen LogP contribution is 2.17. The van der Waals surface area contributed by atoms with Gasteiger partial charge in [0, 0.05) is 6.04 Å². The number of piperidine rings is 2. The number of hydrogen-bond acceptors (Lipinski definition) is 5. The summed E-state index contributed by atoms with van der Waals surface area (Å²) in [5.74, 6) is -0.410. The van der Waals surface area contributed by atoms with E-state index < -0.39 is 5.91 Å². The number of aromatic nitrogens is 1. The van der Waals surface area contributed by atoms with Gasteiger partial charge in [-0.2, -0.15) is 0 Å². The summed E-state index contributed by atoms with van der Waals surface area (Å²) in [4.78, 5) is 17.1. The largest absolute Gasteiger partial charge is 0.365 e. The second kappa shape index (κ2) is 8.34. The van der Waals surface area contributed by atoms with Crippen LogP contribution in [0.25, 0.3) is 0 Å². The average Bonchev–Trinajstić information content (AvgIpc) is 3.04. The molecule has 5 nitrogen and oxygen atoms in total. The number of carbonyl (C=O) groups excluding carboxylic acids is 1. The Morgan fingerprint density at radius 2 is 2.00 bits per heavy atom. The predicted molar refractivity (Wildman–Crippen MR) is 81.9 cm³/mol. The molecule has 3 heterocycles. The summed E-state index contributed by atoms with van der Waals surface area (Å²) in [6, 6.07) is 0.909. The van der Waals surface area contributed by atoms with E-state index in [9.17, 15) is 4.79 Å². The topological polar surface area (TPSA) is 71.2 Å². The zero-order valence-corrected chi connectivity index (χ0v) is 12.7. The first-order valence-electron chi connectivity index (χ1n) is 7.40. The number of amides is 1. The smallest absolute Gasteiger partial charge is 0.260 e. The summed E-state index contributed by atoms with van der Waals surface area (Å²) in [7, 11) is 0. The molecule has 0 saturated carbocycles. The van der Waals surface area contributed by atoms with Crippen molar-refractivity contribution in [3.8, 4) is 0 Å². The highest BCUT2D eigenvalue weighted by molar-refractivity contribution is 7.11. The number of nitrogens with one attached hydrogen (secondary N) is 1. The van der Waals surface area contributed by atoms with E-state index in [2.05, 4.69) is 15.2 Å². The van der Waals surface area contributed by atoms with E-state index in [1.807, 2.05) is 0 Å². The number of likely N-dealkylation sites (tertiary alicyclic amines) is 1. The molecule has 20 heavy (non-hydrogen) atoms. The molecule has 6 heteroatoms. The Kier molecular flexibility index (Phi) is 6.42. The van der Waals surface area contributed by atoms with Crippen LogP contribution in [0.1, 0.15) is 41.8 Å². The van der Waals surface area contributed by atoms with Crippen molar-refractivity contribution in [3.63, 3.8) is 0 Å². The molecule has 0 unspecified atom stereocenters. The molecule has 0 aromatic carbocycles. The van der Waals surface area contributed by atoms with Crippen LogP contribution in [0.15, 0.2) is 11.7 Å². The first-order valence-corrected chi connectivity index (χ1v) is 8.28. The highest BCUT2D eigenvalue weighted by atomic mass is 32.1. The number of carbonyl (C=O) groups is 1. The average molecular weight is 296 g/mol. The van der Waals surface area contributed by atoms with Crippen molar-refractivity contribution < 1.29 is 4.79 Å². The maximum absolute atomic E-state index is 10.3. The lowest BCUT2D eigenvalue weighted by molar-refractivity contribution is 0.100. The van der Waals surface area contributed by atoms with Gasteiger partial charge in [-0.25, -0.2) is 0 Å². The summed E-state index contributed by atoms with van der Waals surface area (Å²) in [5, 5.41) is 3.43. The molecule has 2 saturated heterocycles. The molecular weight excluding hydrogens is 272 g/mol. The fourth-order valence-electron chi connectivity index (χ4n) is 2.79. The third-order valence-corrected chi connectivity index (χ3v) is 4.68. The Morgan fingerprint density at radius 3 is 2.50 bits per heavy atom. The van der Waals surface area contributed by atoms with Gasteiger partial charge in [-0.05, 0) is 51.9 Å². The van der Waals surface area contributed by atoms with Crippen molar-refractivity contribution in [3.05, 3.63) is 16.6 Å². The number of primary amides is 1. The monoisotopic (exact) mass is 296 g/mol. The zero-order valence-electron chi connectivity index (χ0n) is 11.9. The Labute approximate surface area is 124 Å². The van der Waals surface area contributed by atoms with Gasteiger partial charge in [-0.1, -0.05) is 6.42 Å². The maximum atomic E-state index is 10.3. The van der Waals surface area contributed by atoms with E-state index >= 15 is 0 Å². The summed E-state index contributed by atoms with van der Waals surface area (Å²) in [5.41, 5.74) is 6.46.